The molecule has 0 aliphatic carbocycles. The maximum atomic E-state index is 12.1. The number of nitrogens with one attached hydrogen (secondary N) is 3. The van der Waals surface area contributed by atoms with E-state index in [1.807, 2.05) is 0 Å². The number of rotatable bonds is 4. The quantitative estimate of drug-likeness (QED) is 0.702. The molecule has 2 rings (SSSR count). The molecule has 0 fully saturated rings. The highest BCUT2D eigenvalue weighted by atomic mass is 16.5. The molecule has 120 valence electrons. The van der Waals surface area contributed by atoms with Crippen molar-refractivity contribution in [3.05, 3.63) is 61.9 Å². The third-order valence-corrected chi connectivity index (χ3v) is 3.20. The number of para-hydroxylation sites is 1. The summed E-state index contributed by atoms with van der Waals surface area (Å²) in [6.45, 7) is 1.53. The van der Waals surface area contributed by atoms with E-state index in [1.54, 1.807) is 18.2 Å². The average molecular weight is 317 g/mol. The van der Waals surface area contributed by atoms with E-state index in [0.29, 0.717) is 5.69 Å². The largest absolute Gasteiger partial charge is 0.465 e. The molecule has 0 saturated heterocycles. The minimum Gasteiger partial charge on any atom is -0.465 e. The number of esters is 1. The fraction of sp³-hybridized carbons (Fsp3) is 0.200. The summed E-state index contributed by atoms with van der Waals surface area (Å²) in [7, 11) is 1.24. The number of aromatic nitrogens is 2. The van der Waals surface area contributed by atoms with Crippen molar-refractivity contribution in [3.63, 3.8) is 0 Å². The van der Waals surface area contributed by atoms with Gasteiger partial charge in [-0.25, -0.2) is 9.59 Å². The Morgan fingerprint density at radius 2 is 1.87 bits per heavy atom. The second-order valence-corrected chi connectivity index (χ2v) is 4.77. The number of methoxy groups -OCH3 is 1. The van der Waals surface area contributed by atoms with Gasteiger partial charge in [0.05, 0.1) is 24.8 Å². The second-order valence-electron chi connectivity index (χ2n) is 4.77. The molecule has 0 saturated carbocycles. The molecule has 1 aromatic heterocycles. The number of carbonyl (C=O) groups is 2. The van der Waals surface area contributed by atoms with Gasteiger partial charge in [0.2, 0.25) is 5.91 Å². The van der Waals surface area contributed by atoms with Crippen LogP contribution in [0.25, 0.3) is 0 Å². The Balaban J connectivity index is 2.23. The van der Waals surface area contributed by atoms with Gasteiger partial charge in [0.1, 0.15) is 0 Å². The predicted octanol–water partition coefficient (Wildman–Crippen LogP) is 0.339. The molecule has 1 heterocycles. The maximum Gasteiger partial charge on any atom is 0.339 e. The summed E-state index contributed by atoms with van der Waals surface area (Å²) in [5.74, 6) is -1.08. The Bertz CT molecular complexity index is 866. The van der Waals surface area contributed by atoms with Gasteiger partial charge in [-0.3, -0.25) is 14.6 Å². The lowest BCUT2D eigenvalue weighted by molar-refractivity contribution is -0.115. The van der Waals surface area contributed by atoms with Gasteiger partial charge in [-0.05, 0) is 19.1 Å². The van der Waals surface area contributed by atoms with Crippen molar-refractivity contribution in [2.24, 2.45) is 0 Å². The first-order valence-electron chi connectivity index (χ1n) is 6.71. The van der Waals surface area contributed by atoms with Gasteiger partial charge >= 0.3 is 11.7 Å². The van der Waals surface area contributed by atoms with Crippen LogP contribution in [0.1, 0.15) is 21.6 Å². The van der Waals surface area contributed by atoms with Crippen LogP contribution < -0.4 is 16.6 Å². The smallest absolute Gasteiger partial charge is 0.339 e. The van der Waals surface area contributed by atoms with E-state index in [0.717, 1.165) is 0 Å². The summed E-state index contributed by atoms with van der Waals surface area (Å²) >= 11 is 0. The Kier molecular flexibility index (Phi) is 4.75. The van der Waals surface area contributed by atoms with E-state index >= 15 is 0 Å². The lowest BCUT2D eigenvalue weighted by Gasteiger charge is -2.10. The van der Waals surface area contributed by atoms with Crippen LogP contribution in [0.2, 0.25) is 0 Å². The summed E-state index contributed by atoms with van der Waals surface area (Å²) in [6, 6.07) is 6.35. The summed E-state index contributed by atoms with van der Waals surface area (Å²) in [6.07, 6.45) is -0.243. The number of ether oxygens (including phenoxy) is 1. The van der Waals surface area contributed by atoms with Crippen molar-refractivity contribution >= 4 is 17.6 Å². The van der Waals surface area contributed by atoms with E-state index in [4.69, 9.17) is 0 Å². The molecule has 1 amide bonds. The molecule has 8 heteroatoms. The van der Waals surface area contributed by atoms with E-state index < -0.39 is 23.1 Å². The number of carbonyl (C=O) groups excluding carboxylic acids is 2. The van der Waals surface area contributed by atoms with Gasteiger partial charge < -0.3 is 15.0 Å². The lowest BCUT2D eigenvalue weighted by Crippen LogP contribution is -2.30. The van der Waals surface area contributed by atoms with Crippen LogP contribution in [-0.4, -0.2) is 29.0 Å². The van der Waals surface area contributed by atoms with Gasteiger partial charge in [-0.15, -0.1) is 0 Å². The highest BCUT2D eigenvalue weighted by Gasteiger charge is 2.15. The molecule has 0 radical (unpaired) electrons. The highest BCUT2D eigenvalue weighted by Crippen LogP contribution is 2.16. The van der Waals surface area contributed by atoms with Crippen molar-refractivity contribution in [2.45, 2.75) is 13.3 Å². The minimum atomic E-state index is -0.632. The molecule has 8 nitrogen and oxygen atoms in total. The molecule has 23 heavy (non-hydrogen) atoms. The van der Waals surface area contributed by atoms with Crippen LogP contribution in [0.4, 0.5) is 5.69 Å². The number of H-pyrrole nitrogens is 2. The number of aryl methyl sites for hydroxylation is 1. The number of aromatic amines is 2. The Morgan fingerprint density at radius 3 is 2.52 bits per heavy atom. The fourth-order valence-corrected chi connectivity index (χ4v) is 2.07. The zero-order chi connectivity index (χ0) is 17.0. The fourth-order valence-electron chi connectivity index (χ4n) is 2.07. The third-order valence-electron chi connectivity index (χ3n) is 3.20. The van der Waals surface area contributed by atoms with Gasteiger partial charge in [0.15, 0.2) is 0 Å². The number of hydrogen-bond donors (Lipinski definition) is 3. The number of amides is 1. The highest BCUT2D eigenvalue weighted by molar-refractivity contribution is 6.01. The second kappa shape index (κ2) is 6.73. The molecule has 0 aliphatic rings. The molecular weight excluding hydrogens is 302 g/mol. The van der Waals surface area contributed by atoms with E-state index in [2.05, 4.69) is 20.0 Å². The van der Waals surface area contributed by atoms with Crippen molar-refractivity contribution < 1.29 is 14.3 Å². The molecule has 2 aromatic rings. The molecule has 0 bridgehead atoms. The first-order valence-corrected chi connectivity index (χ1v) is 6.71. The molecule has 0 atom stereocenters. The normalized spacial score (nSPS) is 10.2. The number of anilines is 1. The van der Waals surface area contributed by atoms with Gasteiger partial charge in [-0.2, -0.15) is 0 Å². The maximum absolute atomic E-state index is 12.1. The van der Waals surface area contributed by atoms with E-state index in [-0.39, 0.29) is 23.2 Å². The predicted molar refractivity (Wildman–Crippen MR) is 82.5 cm³/mol. The van der Waals surface area contributed by atoms with Crippen molar-refractivity contribution in [1.82, 2.24) is 9.97 Å². The van der Waals surface area contributed by atoms with Crippen molar-refractivity contribution in [1.29, 1.82) is 0 Å². The molecule has 0 aliphatic heterocycles. The zero-order valence-corrected chi connectivity index (χ0v) is 12.6. The van der Waals surface area contributed by atoms with E-state index in [9.17, 15) is 19.2 Å². The summed E-state index contributed by atoms with van der Waals surface area (Å²) in [4.78, 5) is 51.1. The summed E-state index contributed by atoms with van der Waals surface area (Å²) in [5.41, 5.74) is -0.304. The summed E-state index contributed by atoms with van der Waals surface area (Å²) < 4.78 is 4.64. The van der Waals surface area contributed by atoms with Gasteiger partial charge in [-0.1, -0.05) is 12.1 Å². The molecule has 0 unspecified atom stereocenters. The van der Waals surface area contributed by atoms with Crippen LogP contribution in [0.5, 0.6) is 0 Å². The van der Waals surface area contributed by atoms with E-state index in [1.165, 1.54) is 20.1 Å². The molecule has 1 aromatic carbocycles. The minimum absolute atomic E-state index is 0.151. The topological polar surface area (TPSA) is 121 Å². The number of benzene rings is 1. The first-order chi connectivity index (χ1) is 10.9. The SMILES string of the molecule is COC(=O)c1ccccc1NC(=O)Cc1c(C)[nH]c(=O)[nH]c1=O. The van der Waals surface area contributed by atoms with Crippen molar-refractivity contribution in [2.75, 3.05) is 12.4 Å². The van der Waals surface area contributed by atoms with Crippen LogP contribution in [0.15, 0.2) is 33.9 Å². The van der Waals surface area contributed by atoms with Crippen LogP contribution in [0, 0.1) is 6.92 Å². The lowest BCUT2D eigenvalue weighted by atomic mass is 10.1. The van der Waals surface area contributed by atoms with Crippen LogP contribution >= 0.6 is 0 Å². The van der Waals surface area contributed by atoms with Crippen molar-refractivity contribution in [3.8, 4) is 0 Å². The van der Waals surface area contributed by atoms with Gasteiger partial charge in [0, 0.05) is 11.3 Å². The number of hydrogen-bond acceptors (Lipinski definition) is 5. The Morgan fingerprint density at radius 1 is 1.17 bits per heavy atom. The average Bonchev–Trinajstić information content (AvgIpc) is 2.50. The summed E-state index contributed by atoms with van der Waals surface area (Å²) in [5, 5.41) is 2.56. The molecular formula is C15H15N3O5. The monoisotopic (exact) mass is 317 g/mol. The van der Waals surface area contributed by atoms with Crippen LogP contribution in [-0.2, 0) is 16.0 Å². The van der Waals surface area contributed by atoms with Crippen LogP contribution in [0.3, 0.4) is 0 Å². The standard InChI is InChI=1S/C15H15N3O5/c1-8-10(13(20)18-15(22)16-8)7-12(19)17-11-6-4-3-5-9(11)14(21)23-2/h3-6H,7H2,1-2H3,(H,17,19)(H2,16,18,20,22). The third kappa shape index (κ3) is 3.73. The Hall–Kier alpha value is -3.16. The zero-order valence-electron chi connectivity index (χ0n) is 12.6. The molecule has 3 N–H and O–H groups in total. The Labute approximate surface area is 130 Å². The molecule has 0 spiro atoms. The first kappa shape index (κ1) is 16.2. The van der Waals surface area contributed by atoms with Gasteiger partial charge in [0.25, 0.3) is 5.56 Å².